The topological polar surface area (TPSA) is 81.8 Å². The predicted octanol–water partition coefficient (Wildman–Crippen LogP) is 4.19. The number of halogens is 1. The minimum Gasteiger partial charge on any atom is -0.339 e. The Morgan fingerprint density at radius 3 is 2.91 bits per heavy atom. The van der Waals surface area contributed by atoms with E-state index in [1.807, 2.05) is 32.6 Å². The number of hydrogen-bond acceptors (Lipinski definition) is 7. The van der Waals surface area contributed by atoms with Crippen molar-refractivity contribution in [3.05, 3.63) is 64.5 Å². The summed E-state index contributed by atoms with van der Waals surface area (Å²) in [5.41, 5.74) is 12.8. The van der Waals surface area contributed by atoms with Gasteiger partial charge in [0.1, 0.15) is 12.0 Å². The van der Waals surface area contributed by atoms with Crippen LogP contribution in [-0.2, 0) is 6.54 Å². The van der Waals surface area contributed by atoms with Gasteiger partial charge in [-0.1, -0.05) is 6.07 Å². The zero-order valence-electron chi connectivity index (χ0n) is 19.2. The fourth-order valence-corrected chi connectivity index (χ4v) is 6.19. The normalized spacial score (nSPS) is 26.9. The maximum absolute atomic E-state index is 15.3. The summed E-state index contributed by atoms with van der Waals surface area (Å²) in [6.45, 7) is 0.792. The van der Waals surface area contributed by atoms with E-state index in [0.29, 0.717) is 12.1 Å². The van der Waals surface area contributed by atoms with Crippen molar-refractivity contribution in [2.75, 3.05) is 14.1 Å². The summed E-state index contributed by atoms with van der Waals surface area (Å²) in [6.07, 6.45) is 5.80. The lowest BCUT2D eigenvalue weighted by molar-refractivity contribution is 0.152. The lowest BCUT2D eigenvalue weighted by Crippen LogP contribution is -2.40. The van der Waals surface area contributed by atoms with Gasteiger partial charge in [-0.2, -0.15) is 11.3 Å². The summed E-state index contributed by atoms with van der Waals surface area (Å²) in [7, 11) is 4.06. The quantitative estimate of drug-likeness (QED) is 0.400. The largest absolute Gasteiger partial charge is 0.339 e. The first-order valence-corrected chi connectivity index (χ1v) is 12.6. The van der Waals surface area contributed by atoms with E-state index in [0.717, 1.165) is 46.6 Å². The summed E-state index contributed by atoms with van der Waals surface area (Å²) in [6, 6.07) is 6.27. The van der Waals surface area contributed by atoms with Gasteiger partial charge in [0.2, 0.25) is 0 Å². The Balaban J connectivity index is 1.30. The highest BCUT2D eigenvalue weighted by molar-refractivity contribution is 7.08. The fraction of sp³-hybridized carbons (Fsp3) is 0.400. The van der Waals surface area contributed by atoms with Crippen molar-refractivity contribution in [3.63, 3.8) is 0 Å². The van der Waals surface area contributed by atoms with Crippen molar-refractivity contribution < 1.29 is 4.39 Å². The van der Waals surface area contributed by atoms with Gasteiger partial charge in [-0.25, -0.2) is 19.8 Å². The molecule has 34 heavy (non-hydrogen) atoms. The molecule has 0 bridgehead atoms. The van der Waals surface area contributed by atoms with Crippen molar-refractivity contribution in [1.29, 1.82) is 0 Å². The maximum atomic E-state index is 15.3. The molecule has 5 atom stereocenters. The number of nitrogens with one attached hydrogen (secondary N) is 3. The molecular formula is C25H28FN7S. The number of aromatic nitrogens is 4. The van der Waals surface area contributed by atoms with Gasteiger partial charge in [-0.3, -0.25) is 10.4 Å². The van der Waals surface area contributed by atoms with Crippen LogP contribution in [0.4, 0.5) is 4.39 Å². The lowest BCUT2D eigenvalue weighted by Gasteiger charge is -2.35. The van der Waals surface area contributed by atoms with E-state index in [9.17, 15) is 0 Å². The molecule has 0 radical (unpaired) electrons. The predicted molar refractivity (Wildman–Crippen MR) is 132 cm³/mol. The summed E-state index contributed by atoms with van der Waals surface area (Å²) in [4.78, 5) is 19.4. The molecule has 5 heterocycles. The molecule has 1 saturated heterocycles. The smallest absolute Gasteiger partial charge is 0.178 e. The number of hydrogen-bond donors (Lipinski definition) is 3. The molecule has 2 fully saturated rings. The number of imidazole rings is 1. The Morgan fingerprint density at radius 2 is 2.09 bits per heavy atom. The zero-order valence-corrected chi connectivity index (χ0v) is 20.0. The number of alkyl halides is 1. The molecule has 2 aliphatic rings. The summed E-state index contributed by atoms with van der Waals surface area (Å²) in [5.74, 6) is 0.879. The Bertz CT molecular complexity index is 1290. The molecule has 1 aliphatic heterocycles. The van der Waals surface area contributed by atoms with Crippen LogP contribution in [-0.4, -0.2) is 51.1 Å². The van der Waals surface area contributed by atoms with E-state index in [-0.39, 0.29) is 23.9 Å². The molecular weight excluding hydrogens is 449 g/mol. The SMILES string of the molecule is CN(C)Cc1cncc(C2CC3C(CC2F)NNC3c2nc3nccc(-c4ccsc4)c3[nH]2)c1. The van der Waals surface area contributed by atoms with Crippen molar-refractivity contribution >= 4 is 22.5 Å². The number of aromatic amines is 1. The molecule has 1 aliphatic carbocycles. The molecule has 9 heteroatoms. The number of thiophene rings is 1. The standard InChI is InChI=1S/C25H28FN7S/c1-33(2)12-14-7-16(11-27-10-14)18-8-19-21(9-20(18)26)31-32-23(19)25-29-22-17(15-4-6-34-13-15)3-5-28-24(22)30-25/h3-7,10-11,13,18-21,23,31-32H,8-9,12H2,1-2H3,(H,28,29,30). The van der Waals surface area contributed by atoms with Crippen molar-refractivity contribution in [2.45, 2.75) is 43.6 Å². The molecule has 5 unspecified atom stereocenters. The molecule has 4 aromatic heterocycles. The van der Waals surface area contributed by atoms with Gasteiger partial charge in [-0.15, -0.1) is 0 Å². The highest BCUT2D eigenvalue weighted by atomic mass is 32.1. The molecule has 0 spiro atoms. The third-order valence-corrected chi connectivity index (χ3v) is 7.77. The van der Waals surface area contributed by atoms with Crippen LogP contribution in [0.15, 0.2) is 47.5 Å². The number of hydrazine groups is 1. The summed E-state index contributed by atoms with van der Waals surface area (Å²) in [5, 5.41) is 4.20. The van der Waals surface area contributed by atoms with Gasteiger partial charge in [0, 0.05) is 48.6 Å². The van der Waals surface area contributed by atoms with Gasteiger partial charge in [0.05, 0.1) is 11.6 Å². The average Bonchev–Trinajstić information content (AvgIpc) is 3.57. The number of rotatable bonds is 5. The van der Waals surface area contributed by atoms with Crippen LogP contribution in [0.3, 0.4) is 0 Å². The average molecular weight is 478 g/mol. The number of nitrogens with zero attached hydrogens (tertiary/aromatic N) is 4. The monoisotopic (exact) mass is 477 g/mol. The molecule has 0 aromatic carbocycles. The lowest BCUT2D eigenvalue weighted by atomic mass is 9.72. The Morgan fingerprint density at radius 1 is 1.18 bits per heavy atom. The van der Waals surface area contributed by atoms with Gasteiger partial charge in [0.25, 0.3) is 0 Å². The molecule has 1 saturated carbocycles. The first kappa shape index (κ1) is 21.8. The van der Waals surface area contributed by atoms with Crippen LogP contribution in [0.2, 0.25) is 0 Å². The van der Waals surface area contributed by atoms with Crippen LogP contribution in [0.25, 0.3) is 22.3 Å². The van der Waals surface area contributed by atoms with Gasteiger partial charge in [-0.05, 0) is 66.5 Å². The Hall–Kier alpha value is -2.72. The second-order valence-electron chi connectivity index (χ2n) is 9.69. The molecule has 0 amide bonds. The summed E-state index contributed by atoms with van der Waals surface area (Å²) >= 11 is 1.67. The molecule has 176 valence electrons. The zero-order chi connectivity index (χ0) is 23.2. The first-order chi connectivity index (χ1) is 16.6. The third-order valence-electron chi connectivity index (χ3n) is 7.09. The second-order valence-corrected chi connectivity index (χ2v) is 10.5. The highest BCUT2D eigenvalue weighted by Crippen LogP contribution is 2.45. The minimum absolute atomic E-state index is 0.0394. The minimum atomic E-state index is -0.909. The number of fused-ring (bicyclic) bond motifs is 2. The number of pyridine rings is 2. The van der Waals surface area contributed by atoms with E-state index in [4.69, 9.17) is 4.98 Å². The highest BCUT2D eigenvalue weighted by Gasteiger charge is 2.46. The fourth-order valence-electron chi connectivity index (χ4n) is 5.54. The Kier molecular flexibility index (Phi) is 5.65. The van der Waals surface area contributed by atoms with E-state index in [2.05, 4.69) is 53.6 Å². The molecule has 7 nitrogen and oxygen atoms in total. The third kappa shape index (κ3) is 3.92. The van der Waals surface area contributed by atoms with E-state index in [1.165, 1.54) is 0 Å². The molecule has 6 rings (SSSR count). The van der Waals surface area contributed by atoms with Crippen molar-refractivity contribution in [3.8, 4) is 11.1 Å². The van der Waals surface area contributed by atoms with Crippen LogP contribution in [0.1, 0.15) is 41.8 Å². The van der Waals surface area contributed by atoms with Crippen LogP contribution in [0.5, 0.6) is 0 Å². The molecule has 3 N–H and O–H groups in total. The van der Waals surface area contributed by atoms with Gasteiger partial charge in [0.15, 0.2) is 5.65 Å². The second kappa shape index (κ2) is 8.81. The molecule has 4 aromatic rings. The Labute approximate surface area is 201 Å². The van der Waals surface area contributed by atoms with Crippen LogP contribution in [0, 0.1) is 5.92 Å². The van der Waals surface area contributed by atoms with Crippen molar-refractivity contribution in [1.82, 2.24) is 35.7 Å². The van der Waals surface area contributed by atoms with Crippen molar-refractivity contribution in [2.24, 2.45) is 5.92 Å². The van der Waals surface area contributed by atoms with Gasteiger partial charge >= 0.3 is 0 Å². The van der Waals surface area contributed by atoms with Crippen LogP contribution < -0.4 is 10.9 Å². The van der Waals surface area contributed by atoms with E-state index >= 15 is 4.39 Å². The van der Waals surface area contributed by atoms with Gasteiger partial charge < -0.3 is 9.88 Å². The van der Waals surface area contributed by atoms with E-state index < -0.39 is 6.17 Å². The first-order valence-electron chi connectivity index (χ1n) is 11.7. The van der Waals surface area contributed by atoms with E-state index in [1.54, 1.807) is 17.5 Å². The maximum Gasteiger partial charge on any atom is 0.178 e. The summed E-state index contributed by atoms with van der Waals surface area (Å²) < 4.78 is 15.3. The van der Waals surface area contributed by atoms with Crippen LogP contribution >= 0.6 is 11.3 Å². The number of H-pyrrole nitrogens is 1.